The molecule has 86 valence electrons. The lowest BCUT2D eigenvalue weighted by atomic mass is 10.3. The molecule has 2 N–H and O–H groups in total. The van der Waals surface area contributed by atoms with Gasteiger partial charge in [-0.2, -0.15) is 0 Å². The Kier molecular flexibility index (Phi) is 3.10. The van der Waals surface area contributed by atoms with Gasteiger partial charge in [0.15, 0.2) is 0 Å². The number of carboxylic acids is 1. The van der Waals surface area contributed by atoms with Crippen molar-refractivity contribution in [2.45, 2.75) is 0 Å². The zero-order valence-corrected chi connectivity index (χ0v) is 9.27. The van der Waals surface area contributed by atoms with Gasteiger partial charge in [-0.15, -0.1) is 11.3 Å². The van der Waals surface area contributed by atoms with E-state index in [1.54, 1.807) is 10.9 Å². The van der Waals surface area contributed by atoms with Crippen molar-refractivity contribution in [3.05, 3.63) is 40.6 Å². The molecule has 0 aliphatic rings. The molecule has 0 aliphatic heterocycles. The number of nitrogens with one attached hydrogen (secondary N) is 1. The number of aromatic nitrogens is 2. The molecule has 2 aromatic rings. The van der Waals surface area contributed by atoms with Gasteiger partial charge >= 0.3 is 5.97 Å². The van der Waals surface area contributed by atoms with Gasteiger partial charge in [-0.25, -0.2) is 14.8 Å². The van der Waals surface area contributed by atoms with Crippen molar-refractivity contribution in [3.63, 3.8) is 0 Å². The summed E-state index contributed by atoms with van der Waals surface area (Å²) in [5.74, 6) is -1.52. The number of aromatic carboxylic acids is 1. The van der Waals surface area contributed by atoms with E-state index in [9.17, 15) is 9.59 Å². The summed E-state index contributed by atoms with van der Waals surface area (Å²) in [4.78, 5) is 29.8. The fourth-order valence-electron chi connectivity index (χ4n) is 1.15. The third-order valence-electron chi connectivity index (χ3n) is 1.90. The second-order valence-corrected chi connectivity index (χ2v) is 3.78. The highest BCUT2D eigenvalue weighted by Crippen LogP contribution is 2.10. The van der Waals surface area contributed by atoms with Crippen molar-refractivity contribution in [3.8, 4) is 0 Å². The Hall–Kier alpha value is -2.28. The third kappa shape index (κ3) is 2.64. The summed E-state index contributed by atoms with van der Waals surface area (Å²) in [7, 11) is 0. The zero-order chi connectivity index (χ0) is 12.3. The Morgan fingerprint density at radius 2 is 2.12 bits per heavy atom. The number of carbonyl (C=O) groups is 2. The molecule has 0 saturated heterocycles. The van der Waals surface area contributed by atoms with E-state index in [-0.39, 0.29) is 11.6 Å². The minimum Gasteiger partial charge on any atom is -0.477 e. The molecule has 2 rings (SSSR count). The van der Waals surface area contributed by atoms with Crippen LogP contribution in [0.25, 0.3) is 0 Å². The number of carboxylic acid groups (broad SMARTS) is 1. The Morgan fingerprint density at radius 3 is 2.76 bits per heavy atom. The quantitative estimate of drug-likeness (QED) is 0.859. The summed E-state index contributed by atoms with van der Waals surface area (Å²) >= 11 is 1.31. The summed E-state index contributed by atoms with van der Waals surface area (Å²) in [5.41, 5.74) is 2.09. The van der Waals surface area contributed by atoms with E-state index < -0.39 is 5.97 Å². The van der Waals surface area contributed by atoms with Crippen LogP contribution in [-0.2, 0) is 0 Å². The maximum Gasteiger partial charge on any atom is 0.354 e. The van der Waals surface area contributed by atoms with Crippen LogP contribution in [0.2, 0.25) is 0 Å². The number of hydrogen-bond acceptors (Lipinski definition) is 5. The minimum absolute atomic E-state index is 0.124. The lowest BCUT2D eigenvalue weighted by Crippen LogP contribution is -2.13. The van der Waals surface area contributed by atoms with Crippen molar-refractivity contribution in [2.75, 3.05) is 5.32 Å². The average molecular weight is 249 g/mol. The topological polar surface area (TPSA) is 92.2 Å². The highest BCUT2D eigenvalue weighted by Gasteiger charge is 2.10. The van der Waals surface area contributed by atoms with E-state index in [1.165, 1.54) is 29.7 Å². The molecule has 0 aliphatic carbocycles. The number of thiazole rings is 1. The molecule has 6 nitrogen and oxygen atoms in total. The molecule has 2 aromatic heterocycles. The number of nitrogens with zero attached hydrogens (tertiary/aromatic N) is 2. The largest absolute Gasteiger partial charge is 0.477 e. The number of pyridine rings is 1. The van der Waals surface area contributed by atoms with Crippen molar-refractivity contribution in [2.24, 2.45) is 0 Å². The van der Waals surface area contributed by atoms with Crippen molar-refractivity contribution >= 4 is 28.9 Å². The predicted octanol–water partition coefficient (Wildman–Crippen LogP) is 1.49. The van der Waals surface area contributed by atoms with E-state index in [0.717, 1.165) is 0 Å². The van der Waals surface area contributed by atoms with E-state index in [1.807, 2.05) is 0 Å². The number of carbonyl (C=O) groups excluding carboxylic acids is 1. The number of rotatable bonds is 3. The van der Waals surface area contributed by atoms with Crippen LogP contribution in [0.3, 0.4) is 0 Å². The molecule has 2 heterocycles. The van der Waals surface area contributed by atoms with Gasteiger partial charge in [-0.05, 0) is 12.1 Å². The molecule has 0 unspecified atom stereocenters. The zero-order valence-electron chi connectivity index (χ0n) is 8.45. The molecule has 0 spiro atoms. The standard InChI is InChI=1S/C10H7N3O3S/c14-9(8-4-17-5-12-8)13-6-1-2-11-7(3-6)10(15)16/h1-5H,(H,15,16)(H,11,13,14). The minimum atomic E-state index is -1.14. The summed E-state index contributed by atoms with van der Waals surface area (Å²) in [5, 5.41) is 12.9. The third-order valence-corrected chi connectivity index (χ3v) is 2.49. The van der Waals surface area contributed by atoms with Crippen LogP contribution in [0.5, 0.6) is 0 Å². The first-order chi connectivity index (χ1) is 8.16. The summed E-state index contributed by atoms with van der Waals surface area (Å²) in [6, 6.07) is 2.79. The molecular formula is C10H7N3O3S. The van der Waals surface area contributed by atoms with E-state index in [4.69, 9.17) is 5.11 Å². The average Bonchev–Trinajstić information content (AvgIpc) is 2.82. The van der Waals surface area contributed by atoms with Gasteiger partial charge in [-0.3, -0.25) is 4.79 Å². The first-order valence-corrected chi connectivity index (χ1v) is 5.50. The molecule has 17 heavy (non-hydrogen) atoms. The lowest BCUT2D eigenvalue weighted by Gasteiger charge is -2.03. The second-order valence-electron chi connectivity index (χ2n) is 3.06. The lowest BCUT2D eigenvalue weighted by molar-refractivity contribution is 0.0690. The Balaban J connectivity index is 2.16. The fraction of sp³-hybridized carbons (Fsp3) is 0. The Bertz CT molecular complexity index is 554. The Labute approximate surface area is 100.0 Å². The van der Waals surface area contributed by atoms with Gasteiger partial charge in [0.25, 0.3) is 5.91 Å². The van der Waals surface area contributed by atoms with Crippen LogP contribution in [0.1, 0.15) is 21.0 Å². The number of amides is 1. The molecule has 0 saturated carbocycles. The molecule has 1 amide bonds. The number of anilines is 1. The summed E-state index contributed by atoms with van der Waals surface area (Å²) in [6.07, 6.45) is 1.32. The maximum absolute atomic E-state index is 11.6. The SMILES string of the molecule is O=C(O)c1cc(NC(=O)c2cscn2)ccn1. The van der Waals surface area contributed by atoms with Crippen molar-refractivity contribution in [1.29, 1.82) is 0 Å². The molecular weight excluding hydrogens is 242 g/mol. The monoisotopic (exact) mass is 249 g/mol. The van der Waals surface area contributed by atoms with Crippen LogP contribution >= 0.6 is 11.3 Å². The van der Waals surface area contributed by atoms with Crippen LogP contribution in [0.4, 0.5) is 5.69 Å². The number of hydrogen-bond donors (Lipinski definition) is 2. The normalized spacial score (nSPS) is 9.88. The smallest absolute Gasteiger partial charge is 0.354 e. The first-order valence-electron chi connectivity index (χ1n) is 4.55. The fourth-order valence-corrected chi connectivity index (χ4v) is 1.68. The molecule has 0 aromatic carbocycles. The van der Waals surface area contributed by atoms with Crippen LogP contribution in [0, 0.1) is 0 Å². The van der Waals surface area contributed by atoms with Gasteiger partial charge in [0.05, 0.1) is 5.51 Å². The van der Waals surface area contributed by atoms with E-state index in [2.05, 4.69) is 15.3 Å². The van der Waals surface area contributed by atoms with Gasteiger partial charge in [0, 0.05) is 17.3 Å². The highest BCUT2D eigenvalue weighted by molar-refractivity contribution is 7.07. The Morgan fingerprint density at radius 1 is 1.29 bits per heavy atom. The van der Waals surface area contributed by atoms with Crippen LogP contribution < -0.4 is 5.32 Å². The summed E-state index contributed by atoms with van der Waals surface area (Å²) in [6.45, 7) is 0. The highest BCUT2D eigenvalue weighted by atomic mass is 32.1. The predicted molar refractivity (Wildman–Crippen MR) is 61.3 cm³/mol. The van der Waals surface area contributed by atoms with Gasteiger partial charge in [0.1, 0.15) is 11.4 Å². The van der Waals surface area contributed by atoms with Crippen LogP contribution in [-0.4, -0.2) is 27.0 Å². The van der Waals surface area contributed by atoms with Gasteiger partial charge in [0.2, 0.25) is 0 Å². The summed E-state index contributed by atoms with van der Waals surface area (Å²) < 4.78 is 0. The first kappa shape index (κ1) is 11.2. The molecule has 0 atom stereocenters. The molecule has 7 heteroatoms. The molecule has 0 bridgehead atoms. The van der Waals surface area contributed by atoms with Crippen LogP contribution in [0.15, 0.2) is 29.2 Å². The maximum atomic E-state index is 11.6. The molecule has 0 fully saturated rings. The van der Waals surface area contributed by atoms with Gasteiger partial charge < -0.3 is 10.4 Å². The van der Waals surface area contributed by atoms with Crippen molar-refractivity contribution < 1.29 is 14.7 Å². The van der Waals surface area contributed by atoms with Crippen molar-refractivity contribution in [1.82, 2.24) is 9.97 Å². The molecule has 0 radical (unpaired) electrons. The van der Waals surface area contributed by atoms with E-state index >= 15 is 0 Å². The van der Waals surface area contributed by atoms with Gasteiger partial charge in [-0.1, -0.05) is 0 Å². The van der Waals surface area contributed by atoms with E-state index in [0.29, 0.717) is 11.4 Å². The second kappa shape index (κ2) is 4.71.